The molecule has 1 amide bonds. The first kappa shape index (κ1) is 37.5. The minimum atomic E-state index is -1.72. The Kier molecular flexibility index (Phi) is 13.3. The first-order valence-electron chi connectivity index (χ1n) is 16.2. The number of anilines is 1. The van der Waals surface area contributed by atoms with E-state index in [9.17, 15) is 35.1 Å². The van der Waals surface area contributed by atoms with Crippen molar-refractivity contribution in [2.75, 3.05) is 32.8 Å². The number of aryl methyl sites for hydroxylation is 1. The molecule has 0 radical (unpaired) electrons. The number of nitrogens with one attached hydrogen (secondary N) is 1. The lowest BCUT2D eigenvalue weighted by Crippen LogP contribution is -2.60. The summed E-state index contributed by atoms with van der Waals surface area (Å²) in [5.74, 6) is -0.522. The number of amides is 1. The topological polar surface area (TPSA) is 198 Å². The maximum Gasteiger partial charge on any atom is 0.297 e. The van der Waals surface area contributed by atoms with Crippen molar-refractivity contribution in [1.29, 1.82) is 0 Å². The van der Waals surface area contributed by atoms with Gasteiger partial charge in [-0.3, -0.25) is 9.59 Å². The number of carbonyl (C=O) groups excluding carboxylic acids is 1. The lowest BCUT2D eigenvalue weighted by atomic mass is 9.99. The van der Waals surface area contributed by atoms with Crippen LogP contribution in [-0.4, -0.2) is 94.1 Å². The van der Waals surface area contributed by atoms with Gasteiger partial charge in [0.2, 0.25) is 23.7 Å². The molecule has 0 aliphatic carbocycles. The van der Waals surface area contributed by atoms with Crippen LogP contribution >= 0.6 is 0 Å². The van der Waals surface area contributed by atoms with Crippen molar-refractivity contribution in [2.45, 2.75) is 76.2 Å². The van der Waals surface area contributed by atoms with E-state index in [0.29, 0.717) is 28.6 Å². The standard InChI is InChI=1S/C35H46N2O12/c1-5-6-7-8-9-10-15-47-33-32(49-35-31(43)30(42)29(41)26(19-38)48-35)22-13-12-21(18-23(22)37(2)34(33)44)36-27(39)14-11-20-16-24(45-3)28(40)25(17-20)46-4/h11-14,16-18,26,29-31,35,38,40-43H,5-10,15,19H2,1-4H3,(H,36,39)/b14-11+/t26-,29-,30+,31-,35+/m1/s1. The Balaban J connectivity index is 1.64. The number of pyridine rings is 1. The Morgan fingerprint density at radius 2 is 1.63 bits per heavy atom. The van der Waals surface area contributed by atoms with Crippen LogP contribution in [0, 0.1) is 0 Å². The van der Waals surface area contributed by atoms with E-state index in [2.05, 4.69) is 12.2 Å². The Morgan fingerprint density at radius 1 is 0.959 bits per heavy atom. The SMILES string of the molecule is CCCCCCCCOc1c(O[C@@H]2O[C@H](CO)[C@@H](O)[C@H](O)[C@H]2O)c2ccc(NC(=O)/C=C/c3cc(OC)c(O)c(OC)c3)cc2n(C)c1=O. The number of aliphatic hydroxyl groups excluding tert-OH is 4. The van der Waals surface area contributed by atoms with E-state index in [4.69, 9.17) is 23.7 Å². The number of aliphatic hydroxyl groups is 4. The highest BCUT2D eigenvalue weighted by Crippen LogP contribution is 2.38. The number of fused-ring (bicyclic) bond motifs is 1. The molecule has 1 fully saturated rings. The average molecular weight is 687 g/mol. The number of benzene rings is 2. The second kappa shape index (κ2) is 17.4. The third-order valence-electron chi connectivity index (χ3n) is 8.33. The van der Waals surface area contributed by atoms with Gasteiger partial charge in [0.15, 0.2) is 17.2 Å². The van der Waals surface area contributed by atoms with E-state index in [1.165, 1.54) is 50.1 Å². The van der Waals surface area contributed by atoms with Gasteiger partial charge in [0, 0.05) is 24.2 Å². The number of nitrogens with zero attached hydrogens (tertiary/aromatic N) is 1. The first-order valence-corrected chi connectivity index (χ1v) is 16.2. The molecule has 14 heteroatoms. The van der Waals surface area contributed by atoms with Crippen LogP contribution in [0.4, 0.5) is 5.69 Å². The molecule has 1 saturated heterocycles. The van der Waals surface area contributed by atoms with Gasteiger partial charge < -0.3 is 59.1 Å². The number of aromatic nitrogens is 1. The number of aromatic hydroxyl groups is 1. The zero-order chi connectivity index (χ0) is 35.7. The van der Waals surface area contributed by atoms with E-state index < -0.39 is 48.8 Å². The Labute approximate surface area is 284 Å². The minimum Gasteiger partial charge on any atom is -0.502 e. The van der Waals surface area contributed by atoms with Gasteiger partial charge in [-0.1, -0.05) is 39.0 Å². The highest BCUT2D eigenvalue weighted by Gasteiger charge is 2.45. The largest absolute Gasteiger partial charge is 0.502 e. The van der Waals surface area contributed by atoms with Crippen LogP contribution in [0.1, 0.15) is 51.0 Å². The molecule has 2 aromatic carbocycles. The molecule has 6 N–H and O–H groups in total. The first-order chi connectivity index (χ1) is 23.5. The predicted molar refractivity (Wildman–Crippen MR) is 181 cm³/mol. The van der Waals surface area contributed by atoms with Crippen molar-refractivity contribution in [3.63, 3.8) is 0 Å². The quantitative estimate of drug-likeness (QED) is 0.0953. The average Bonchev–Trinajstić information content (AvgIpc) is 3.10. The maximum absolute atomic E-state index is 13.7. The van der Waals surface area contributed by atoms with Crippen molar-refractivity contribution >= 4 is 28.6 Å². The number of rotatable bonds is 16. The second-order valence-electron chi connectivity index (χ2n) is 11.8. The molecule has 268 valence electrons. The summed E-state index contributed by atoms with van der Waals surface area (Å²) < 4.78 is 29.3. The molecule has 4 rings (SSSR count). The van der Waals surface area contributed by atoms with Gasteiger partial charge in [0.1, 0.15) is 24.4 Å². The molecule has 14 nitrogen and oxygen atoms in total. The lowest BCUT2D eigenvalue weighted by Gasteiger charge is -2.39. The minimum absolute atomic E-state index is 0.0681. The predicted octanol–water partition coefficient (Wildman–Crippen LogP) is 2.83. The fraction of sp³-hybridized carbons (Fsp3) is 0.486. The lowest BCUT2D eigenvalue weighted by molar-refractivity contribution is -0.277. The number of hydrogen-bond donors (Lipinski definition) is 6. The van der Waals surface area contributed by atoms with Crippen molar-refractivity contribution < 1.29 is 54.0 Å². The highest BCUT2D eigenvalue weighted by atomic mass is 16.7. The molecule has 0 bridgehead atoms. The van der Waals surface area contributed by atoms with Gasteiger partial charge in [0.25, 0.3) is 5.56 Å². The summed E-state index contributed by atoms with van der Waals surface area (Å²) in [6.07, 6.45) is 0.976. The Bertz CT molecular complexity index is 1650. The van der Waals surface area contributed by atoms with Crippen LogP contribution < -0.4 is 29.8 Å². The fourth-order valence-electron chi connectivity index (χ4n) is 5.51. The molecule has 3 aromatic rings. The maximum atomic E-state index is 13.7. The number of carbonyl (C=O) groups is 1. The van der Waals surface area contributed by atoms with Crippen molar-refractivity contribution in [1.82, 2.24) is 4.57 Å². The van der Waals surface area contributed by atoms with Gasteiger partial charge in [-0.25, -0.2) is 0 Å². The molecule has 1 aliphatic heterocycles. The van der Waals surface area contributed by atoms with E-state index in [1.54, 1.807) is 18.2 Å². The van der Waals surface area contributed by atoms with Crippen LogP contribution in [-0.2, 0) is 16.6 Å². The molecule has 2 heterocycles. The smallest absolute Gasteiger partial charge is 0.297 e. The Hall–Kier alpha value is -4.34. The van der Waals surface area contributed by atoms with Gasteiger partial charge in [-0.15, -0.1) is 0 Å². The van der Waals surface area contributed by atoms with Crippen molar-refractivity contribution in [3.05, 3.63) is 52.3 Å². The normalized spacial score (nSPS) is 20.8. The summed E-state index contributed by atoms with van der Waals surface area (Å²) in [5.41, 5.74) is 0.659. The molecular formula is C35H46N2O12. The third kappa shape index (κ3) is 8.83. The number of methoxy groups -OCH3 is 2. The molecule has 49 heavy (non-hydrogen) atoms. The summed E-state index contributed by atoms with van der Waals surface area (Å²) in [7, 11) is 4.33. The molecule has 5 atom stereocenters. The second-order valence-corrected chi connectivity index (χ2v) is 11.8. The summed E-state index contributed by atoms with van der Waals surface area (Å²) in [4.78, 5) is 26.6. The zero-order valence-electron chi connectivity index (χ0n) is 28.1. The number of hydrogen-bond acceptors (Lipinski definition) is 12. The van der Waals surface area contributed by atoms with Crippen LogP contribution in [0.3, 0.4) is 0 Å². The van der Waals surface area contributed by atoms with Gasteiger partial charge in [-0.2, -0.15) is 0 Å². The number of ether oxygens (including phenoxy) is 5. The van der Waals surface area contributed by atoms with Crippen molar-refractivity contribution in [3.8, 4) is 28.7 Å². The number of phenolic OH excluding ortho intramolecular Hbond substituents is 1. The van der Waals surface area contributed by atoms with Gasteiger partial charge in [-0.05, 0) is 48.4 Å². The molecule has 0 spiro atoms. The van der Waals surface area contributed by atoms with Crippen LogP contribution in [0.15, 0.2) is 41.2 Å². The molecule has 0 saturated carbocycles. The number of unbranched alkanes of at least 4 members (excludes halogenated alkanes) is 5. The summed E-state index contributed by atoms with van der Waals surface area (Å²) >= 11 is 0. The van der Waals surface area contributed by atoms with E-state index in [1.807, 2.05) is 0 Å². The van der Waals surface area contributed by atoms with E-state index in [0.717, 1.165) is 32.1 Å². The molecule has 1 aliphatic rings. The molecular weight excluding hydrogens is 640 g/mol. The van der Waals surface area contributed by atoms with Crippen LogP contribution in [0.25, 0.3) is 17.0 Å². The van der Waals surface area contributed by atoms with Crippen LogP contribution in [0.5, 0.6) is 28.7 Å². The third-order valence-corrected chi connectivity index (χ3v) is 8.33. The summed E-state index contributed by atoms with van der Waals surface area (Å²) in [5, 5.41) is 54.2. The van der Waals surface area contributed by atoms with E-state index in [-0.39, 0.29) is 35.4 Å². The van der Waals surface area contributed by atoms with Crippen LogP contribution in [0.2, 0.25) is 0 Å². The summed E-state index contributed by atoms with van der Waals surface area (Å²) in [6, 6.07) is 7.82. The number of phenols is 1. The molecule has 0 unspecified atom stereocenters. The summed E-state index contributed by atoms with van der Waals surface area (Å²) in [6.45, 7) is 1.70. The highest BCUT2D eigenvalue weighted by molar-refractivity contribution is 6.03. The fourth-order valence-corrected chi connectivity index (χ4v) is 5.51. The monoisotopic (exact) mass is 686 g/mol. The zero-order valence-corrected chi connectivity index (χ0v) is 28.1. The van der Waals surface area contributed by atoms with Gasteiger partial charge >= 0.3 is 0 Å². The Morgan fingerprint density at radius 3 is 2.29 bits per heavy atom. The van der Waals surface area contributed by atoms with E-state index >= 15 is 0 Å². The van der Waals surface area contributed by atoms with Crippen molar-refractivity contribution in [2.24, 2.45) is 7.05 Å². The van der Waals surface area contributed by atoms with Gasteiger partial charge in [0.05, 0.1) is 33.0 Å². The molecule has 1 aromatic heterocycles.